The van der Waals surface area contributed by atoms with E-state index in [0.717, 1.165) is 29.2 Å². The summed E-state index contributed by atoms with van der Waals surface area (Å²) in [6.07, 6.45) is 4.26. The zero-order chi connectivity index (χ0) is 14.7. The molecule has 0 atom stereocenters. The molecule has 0 spiro atoms. The van der Waals surface area contributed by atoms with Crippen LogP contribution in [-0.2, 0) is 6.42 Å². The van der Waals surface area contributed by atoms with Gasteiger partial charge in [-0.05, 0) is 55.0 Å². The van der Waals surface area contributed by atoms with Gasteiger partial charge in [0.2, 0.25) is 0 Å². The van der Waals surface area contributed by atoms with Crippen molar-refractivity contribution in [3.05, 3.63) is 47.5 Å². The average molecular weight is 295 g/mol. The first-order valence-corrected chi connectivity index (χ1v) is 8.25. The van der Waals surface area contributed by atoms with Gasteiger partial charge in [0, 0.05) is 22.8 Å². The molecule has 0 amide bonds. The molecule has 0 aliphatic carbocycles. The van der Waals surface area contributed by atoms with Crippen LogP contribution in [0.4, 0.5) is 17.1 Å². The van der Waals surface area contributed by atoms with E-state index in [1.54, 1.807) is 11.8 Å². The van der Waals surface area contributed by atoms with Gasteiger partial charge in [-0.3, -0.25) is 0 Å². The molecular formula is C17H17N3S. The summed E-state index contributed by atoms with van der Waals surface area (Å²) >= 11 is 1.60. The van der Waals surface area contributed by atoms with E-state index >= 15 is 0 Å². The van der Waals surface area contributed by atoms with E-state index in [1.807, 2.05) is 24.5 Å². The van der Waals surface area contributed by atoms with Crippen molar-refractivity contribution in [3.63, 3.8) is 0 Å². The molecule has 2 aromatic rings. The summed E-state index contributed by atoms with van der Waals surface area (Å²) in [5.74, 6) is 0. The van der Waals surface area contributed by atoms with Crippen LogP contribution in [0.5, 0.6) is 0 Å². The van der Waals surface area contributed by atoms with E-state index in [2.05, 4.69) is 34.9 Å². The number of anilines is 3. The molecular weight excluding hydrogens is 278 g/mol. The lowest BCUT2D eigenvalue weighted by atomic mass is 10.0. The number of benzene rings is 2. The van der Waals surface area contributed by atoms with Crippen molar-refractivity contribution in [3.8, 4) is 6.07 Å². The maximum absolute atomic E-state index is 9.39. The highest BCUT2D eigenvalue weighted by atomic mass is 32.2. The Labute approximate surface area is 129 Å². The molecule has 1 aliphatic heterocycles. The Morgan fingerprint density at radius 3 is 3.00 bits per heavy atom. The summed E-state index contributed by atoms with van der Waals surface area (Å²) in [4.78, 5) is 1.00. The molecule has 2 N–H and O–H groups in total. The molecule has 0 bridgehead atoms. The van der Waals surface area contributed by atoms with Crippen molar-refractivity contribution in [1.29, 1.82) is 5.26 Å². The standard InChI is InChI=1S/C17H17N3S/c1-21-17-6-2-5-16(14(17)11-18)20-13-7-8-15-12(10-13)4-3-9-19-15/h2,5-8,10,19-20H,3-4,9H2,1H3. The Bertz CT molecular complexity index is 704. The SMILES string of the molecule is CSc1cccc(Nc2ccc3c(c2)CCCN3)c1C#N. The summed E-state index contributed by atoms with van der Waals surface area (Å²) in [5, 5.41) is 16.2. The van der Waals surface area contributed by atoms with Crippen molar-refractivity contribution in [2.45, 2.75) is 17.7 Å². The first-order chi connectivity index (χ1) is 10.3. The summed E-state index contributed by atoms with van der Waals surface area (Å²) in [7, 11) is 0. The molecule has 1 aliphatic rings. The van der Waals surface area contributed by atoms with Gasteiger partial charge >= 0.3 is 0 Å². The third kappa shape index (κ3) is 2.84. The quantitative estimate of drug-likeness (QED) is 0.825. The van der Waals surface area contributed by atoms with E-state index in [0.29, 0.717) is 5.56 Å². The molecule has 1 heterocycles. The molecule has 3 nitrogen and oxygen atoms in total. The van der Waals surface area contributed by atoms with Crippen molar-refractivity contribution >= 4 is 28.8 Å². The molecule has 0 unspecified atom stereocenters. The normalized spacial score (nSPS) is 13.0. The highest BCUT2D eigenvalue weighted by molar-refractivity contribution is 7.98. The van der Waals surface area contributed by atoms with Gasteiger partial charge in [0.1, 0.15) is 6.07 Å². The fourth-order valence-corrected chi connectivity index (χ4v) is 3.20. The third-order valence-electron chi connectivity index (χ3n) is 3.68. The highest BCUT2D eigenvalue weighted by Crippen LogP contribution is 2.31. The minimum atomic E-state index is 0.709. The number of hydrogen-bond acceptors (Lipinski definition) is 4. The Morgan fingerprint density at radius 2 is 2.19 bits per heavy atom. The minimum absolute atomic E-state index is 0.709. The Balaban J connectivity index is 1.92. The molecule has 0 saturated carbocycles. The van der Waals surface area contributed by atoms with Crippen molar-refractivity contribution in [1.82, 2.24) is 0 Å². The number of rotatable bonds is 3. The van der Waals surface area contributed by atoms with Crippen LogP contribution in [0.3, 0.4) is 0 Å². The van der Waals surface area contributed by atoms with Crippen molar-refractivity contribution in [2.24, 2.45) is 0 Å². The van der Waals surface area contributed by atoms with Crippen LogP contribution >= 0.6 is 11.8 Å². The second kappa shape index (κ2) is 6.11. The summed E-state index contributed by atoms with van der Waals surface area (Å²) in [6, 6.07) is 14.6. The first-order valence-electron chi connectivity index (χ1n) is 7.03. The number of thioether (sulfide) groups is 1. The number of nitrogens with zero attached hydrogens (tertiary/aromatic N) is 1. The Kier molecular flexibility index (Phi) is 4.03. The topological polar surface area (TPSA) is 47.8 Å². The Hall–Kier alpha value is -2.12. The lowest BCUT2D eigenvalue weighted by Crippen LogP contribution is -2.11. The molecule has 2 aromatic carbocycles. The lowest BCUT2D eigenvalue weighted by molar-refractivity contribution is 0.830. The molecule has 106 valence electrons. The second-order valence-corrected chi connectivity index (χ2v) is 5.87. The molecule has 21 heavy (non-hydrogen) atoms. The van der Waals surface area contributed by atoms with Gasteiger partial charge < -0.3 is 10.6 Å². The average Bonchev–Trinajstić information content (AvgIpc) is 2.54. The largest absolute Gasteiger partial charge is 0.385 e. The van der Waals surface area contributed by atoms with Gasteiger partial charge in [-0.15, -0.1) is 11.8 Å². The van der Waals surface area contributed by atoms with Crippen molar-refractivity contribution < 1.29 is 0 Å². The highest BCUT2D eigenvalue weighted by Gasteiger charge is 2.11. The fraction of sp³-hybridized carbons (Fsp3) is 0.235. The maximum atomic E-state index is 9.39. The van der Waals surface area contributed by atoms with Gasteiger partial charge in [-0.2, -0.15) is 5.26 Å². The minimum Gasteiger partial charge on any atom is -0.385 e. The van der Waals surface area contributed by atoms with Crippen LogP contribution in [0.15, 0.2) is 41.3 Å². The van der Waals surface area contributed by atoms with E-state index < -0.39 is 0 Å². The zero-order valence-corrected chi connectivity index (χ0v) is 12.8. The lowest BCUT2D eigenvalue weighted by Gasteiger charge is -2.19. The maximum Gasteiger partial charge on any atom is 0.103 e. The van der Waals surface area contributed by atoms with Crippen LogP contribution < -0.4 is 10.6 Å². The van der Waals surface area contributed by atoms with E-state index in [4.69, 9.17) is 0 Å². The third-order valence-corrected chi connectivity index (χ3v) is 4.46. The van der Waals surface area contributed by atoms with Crippen LogP contribution in [0, 0.1) is 11.3 Å². The van der Waals surface area contributed by atoms with E-state index in [-0.39, 0.29) is 0 Å². The van der Waals surface area contributed by atoms with E-state index in [9.17, 15) is 5.26 Å². The molecule has 3 rings (SSSR count). The van der Waals surface area contributed by atoms with E-state index in [1.165, 1.54) is 17.7 Å². The fourth-order valence-electron chi connectivity index (χ4n) is 2.63. The molecule has 0 saturated heterocycles. The van der Waals surface area contributed by atoms with Gasteiger partial charge in [-0.25, -0.2) is 0 Å². The van der Waals surface area contributed by atoms with Crippen molar-refractivity contribution in [2.75, 3.05) is 23.4 Å². The van der Waals surface area contributed by atoms with Gasteiger partial charge in [0.15, 0.2) is 0 Å². The number of fused-ring (bicyclic) bond motifs is 1. The number of aryl methyl sites for hydroxylation is 1. The first kappa shape index (κ1) is 13.8. The monoisotopic (exact) mass is 295 g/mol. The van der Waals surface area contributed by atoms with Gasteiger partial charge in [-0.1, -0.05) is 6.07 Å². The zero-order valence-electron chi connectivity index (χ0n) is 11.9. The smallest absolute Gasteiger partial charge is 0.103 e. The molecule has 4 heteroatoms. The van der Waals surface area contributed by atoms with Crippen LogP contribution in [-0.4, -0.2) is 12.8 Å². The second-order valence-electron chi connectivity index (χ2n) is 5.02. The number of nitrogens with one attached hydrogen (secondary N) is 2. The molecule has 0 aromatic heterocycles. The Morgan fingerprint density at radius 1 is 1.29 bits per heavy atom. The number of hydrogen-bond donors (Lipinski definition) is 2. The molecule has 0 fully saturated rings. The molecule has 0 radical (unpaired) electrons. The van der Waals surface area contributed by atoms with Gasteiger partial charge in [0.05, 0.1) is 11.3 Å². The van der Waals surface area contributed by atoms with Gasteiger partial charge in [0.25, 0.3) is 0 Å². The predicted octanol–water partition coefficient (Wildman–Crippen LogP) is 4.38. The van der Waals surface area contributed by atoms with Crippen LogP contribution in [0.25, 0.3) is 0 Å². The number of nitriles is 1. The summed E-state index contributed by atoms with van der Waals surface area (Å²) < 4.78 is 0. The summed E-state index contributed by atoms with van der Waals surface area (Å²) in [6.45, 7) is 1.05. The summed E-state index contributed by atoms with van der Waals surface area (Å²) in [5.41, 5.74) is 5.18. The van der Waals surface area contributed by atoms with Crippen LogP contribution in [0.2, 0.25) is 0 Å². The van der Waals surface area contributed by atoms with Crippen LogP contribution in [0.1, 0.15) is 17.5 Å². The predicted molar refractivity (Wildman–Crippen MR) is 89.5 cm³/mol.